The maximum atomic E-state index is 6.14. The standard InChI is InChI=1S/C18H39N3/c1-6-7-8-9-10-11-18(5,16-19)21-14-12-20(13-15-21)17(2,3)4/h6-16,19H2,1-5H3. The van der Waals surface area contributed by atoms with Crippen molar-refractivity contribution in [2.75, 3.05) is 32.7 Å². The van der Waals surface area contributed by atoms with Crippen LogP contribution in [-0.4, -0.2) is 53.6 Å². The van der Waals surface area contributed by atoms with Crippen LogP contribution in [0, 0.1) is 0 Å². The van der Waals surface area contributed by atoms with Gasteiger partial charge in [-0.05, 0) is 34.1 Å². The first-order valence-corrected chi connectivity index (χ1v) is 9.03. The molecule has 0 amide bonds. The van der Waals surface area contributed by atoms with Crippen LogP contribution in [0.3, 0.4) is 0 Å². The van der Waals surface area contributed by atoms with Crippen LogP contribution >= 0.6 is 0 Å². The Morgan fingerprint density at radius 1 is 0.810 bits per heavy atom. The van der Waals surface area contributed by atoms with E-state index in [1.54, 1.807) is 0 Å². The molecular weight excluding hydrogens is 258 g/mol. The summed E-state index contributed by atoms with van der Waals surface area (Å²) in [6.45, 7) is 17.1. The molecule has 1 heterocycles. The number of nitrogens with two attached hydrogens (primary N) is 1. The highest BCUT2D eigenvalue weighted by Crippen LogP contribution is 2.25. The molecule has 0 saturated carbocycles. The minimum Gasteiger partial charge on any atom is -0.329 e. The summed E-state index contributed by atoms with van der Waals surface area (Å²) in [7, 11) is 0. The molecule has 2 N–H and O–H groups in total. The highest BCUT2D eigenvalue weighted by molar-refractivity contribution is 4.92. The Bertz CT molecular complexity index is 277. The predicted octanol–water partition coefficient (Wildman–Crippen LogP) is 3.48. The minimum atomic E-state index is 0.205. The van der Waals surface area contributed by atoms with Gasteiger partial charge >= 0.3 is 0 Å². The summed E-state index contributed by atoms with van der Waals surface area (Å²) in [5, 5.41) is 0. The van der Waals surface area contributed by atoms with Gasteiger partial charge in [-0.25, -0.2) is 0 Å². The van der Waals surface area contributed by atoms with Crippen LogP contribution in [0.4, 0.5) is 0 Å². The van der Waals surface area contributed by atoms with Crippen molar-refractivity contribution in [1.82, 2.24) is 9.80 Å². The van der Waals surface area contributed by atoms with Gasteiger partial charge in [0.25, 0.3) is 0 Å². The third-order valence-electron chi connectivity index (χ3n) is 5.25. The normalized spacial score (nSPS) is 21.4. The molecule has 0 spiro atoms. The molecule has 1 aliphatic rings. The van der Waals surface area contributed by atoms with Crippen molar-refractivity contribution < 1.29 is 0 Å². The fourth-order valence-electron chi connectivity index (χ4n) is 3.42. The Morgan fingerprint density at radius 2 is 1.33 bits per heavy atom. The Labute approximate surface area is 133 Å². The molecule has 1 fully saturated rings. The van der Waals surface area contributed by atoms with Crippen molar-refractivity contribution >= 4 is 0 Å². The van der Waals surface area contributed by atoms with Crippen LogP contribution in [0.25, 0.3) is 0 Å². The maximum Gasteiger partial charge on any atom is 0.0304 e. The Hall–Kier alpha value is -0.120. The van der Waals surface area contributed by atoms with E-state index in [1.807, 2.05) is 0 Å². The molecule has 1 saturated heterocycles. The molecule has 1 rings (SSSR count). The Kier molecular flexibility index (Phi) is 7.66. The van der Waals surface area contributed by atoms with E-state index in [9.17, 15) is 0 Å². The van der Waals surface area contributed by atoms with Gasteiger partial charge in [0.05, 0.1) is 0 Å². The van der Waals surface area contributed by atoms with Crippen molar-refractivity contribution in [3.63, 3.8) is 0 Å². The zero-order valence-electron chi connectivity index (χ0n) is 15.2. The van der Waals surface area contributed by atoms with Crippen LogP contribution in [0.2, 0.25) is 0 Å². The fraction of sp³-hybridized carbons (Fsp3) is 1.00. The molecule has 0 aliphatic carbocycles. The molecule has 1 aliphatic heterocycles. The lowest BCUT2D eigenvalue weighted by Crippen LogP contribution is -2.61. The highest BCUT2D eigenvalue weighted by atomic mass is 15.3. The van der Waals surface area contributed by atoms with Gasteiger partial charge in [0.2, 0.25) is 0 Å². The van der Waals surface area contributed by atoms with Gasteiger partial charge in [0.1, 0.15) is 0 Å². The van der Waals surface area contributed by atoms with Gasteiger partial charge in [0.15, 0.2) is 0 Å². The SMILES string of the molecule is CCCCCCCC(C)(CN)N1CCN(C(C)(C)C)CC1. The van der Waals surface area contributed by atoms with Crippen LogP contribution < -0.4 is 5.73 Å². The molecule has 1 unspecified atom stereocenters. The summed E-state index contributed by atoms with van der Waals surface area (Å²) in [6.07, 6.45) is 8.03. The summed E-state index contributed by atoms with van der Waals surface area (Å²) in [5.74, 6) is 0. The first kappa shape index (κ1) is 18.9. The topological polar surface area (TPSA) is 32.5 Å². The van der Waals surface area contributed by atoms with E-state index in [0.29, 0.717) is 5.54 Å². The van der Waals surface area contributed by atoms with E-state index in [2.05, 4.69) is 44.4 Å². The van der Waals surface area contributed by atoms with Gasteiger partial charge in [-0.1, -0.05) is 39.0 Å². The third-order valence-corrected chi connectivity index (χ3v) is 5.25. The molecule has 126 valence electrons. The second-order valence-electron chi connectivity index (χ2n) is 8.01. The molecule has 3 heteroatoms. The molecule has 0 aromatic rings. The number of hydrogen-bond acceptors (Lipinski definition) is 3. The lowest BCUT2D eigenvalue weighted by atomic mass is 9.90. The minimum absolute atomic E-state index is 0.205. The average Bonchev–Trinajstić information content (AvgIpc) is 2.46. The largest absolute Gasteiger partial charge is 0.329 e. The van der Waals surface area contributed by atoms with Crippen molar-refractivity contribution in [2.45, 2.75) is 84.2 Å². The van der Waals surface area contributed by atoms with E-state index in [0.717, 1.165) is 6.54 Å². The fourth-order valence-corrected chi connectivity index (χ4v) is 3.42. The van der Waals surface area contributed by atoms with E-state index in [1.165, 1.54) is 64.7 Å². The van der Waals surface area contributed by atoms with Crippen LogP contribution in [0.1, 0.15) is 73.1 Å². The molecular formula is C18H39N3. The average molecular weight is 298 g/mol. The lowest BCUT2D eigenvalue weighted by Gasteiger charge is -2.48. The van der Waals surface area contributed by atoms with Gasteiger partial charge in [-0.3, -0.25) is 9.80 Å². The highest BCUT2D eigenvalue weighted by Gasteiger charge is 2.34. The summed E-state index contributed by atoms with van der Waals surface area (Å²) in [4.78, 5) is 5.25. The van der Waals surface area contributed by atoms with E-state index in [4.69, 9.17) is 5.73 Å². The van der Waals surface area contributed by atoms with Gasteiger partial charge in [-0.2, -0.15) is 0 Å². The molecule has 0 radical (unpaired) electrons. The zero-order chi connectivity index (χ0) is 15.9. The first-order chi connectivity index (χ1) is 9.83. The third kappa shape index (κ3) is 5.88. The molecule has 0 aromatic carbocycles. The number of nitrogens with zero attached hydrogens (tertiary/aromatic N) is 2. The maximum absolute atomic E-state index is 6.14. The van der Waals surface area contributed by atoms with Crippen molar-refractivity contribution in [2.24, 2.45) is 5.73 Å². The Balaban J connectivity index is 2.41. The monoisotopic (exact) mass is 297 g/mol. The van der Waals surface area contributed by atoms with Gasteiger partial charge in [0, 0.05) is 43.8 Å². The van der Waals surface area contributed by atoms with Crippen molar-refractivity contribution in [1.29, 1.82) is 0 Å². The zero-order valence-corrected chi connectivity index (χ0v) is 15.2. The molecule has 0 aromatic heterocycles. The number of hydrogen-bond donors (Lipinski definition) is 1. The van der Waals surface area contributed by atoms with Gasteiger partial charge < -0.3 is 5.73 Å². The summed E-state index contributed by atoms with van der Waals surface area (Å²) in [5.41, 5.74) is 6.65. The Morgan fingerprint density at radius 3 is 1.81 bits per heavy atom. The smallest absolute Gasteiger partial charge is 0.0304 e. The lowest BCUT2D eigenvalue weighted by molar-refractivity contribution is 0.00673. The number of piperazine rings is 1. The number of rotatable bonds is 8. The molecule has 21 heavy (non-hydrogen) atoms. The van der Waals surface area contributed by atoms with Crippen LogP contribution in [-0.2, 0) is 0 Å². The second-order valence-corrected chi connectivity index (χ2v) is 8.01. The molecule has 3 nitrogen and oxygen atoms in total. The van der Waals surface area contributed by atoms with Crippen LogP contribution in [0.15, 0.2) is 0 Å². The van der Waals surface area contributed by atoms with Gasteiger partial charge in [-0.15, -0.1) is 0 Å². The van der Waals surface area contributed by atoms with Crippen LogP contribution in [0.5, 0.6) is 0 Å². The molecule has 1 atom stereocenters. The predicted molar refractivity (Wildman–Crippen MR) is 93.7 cm³/mol. The first-order valence-electron chi connectivity index (χ1n) is 9.03. The van der Waals surface area contributed by atoms with E-state index >= 15 is 0 Å². The van der Waals surface area contributed by atoms with E-state index in [-0.39, 0.29) is 5.54 Å². The summed E-state index contributed by atoms with van der Waals surface area (Å²) >= 11 is 0. The van der Waals surface area contributed by atoms with E-state index < -0.39 is 0 Å². The van der Waals surface area contributed by atoms with Crippen molar-refractivity contribution in [3.05, 3.63) is 0 Å². The van der Waals surface area contributed by atoms with Crippen molar-refractivity contribution in [3.8, 4) is 0 Å². The summed E-state index contributed by atoms with van der Waals surface area (Å²) < 4.78 is 0. The number of unbranched alkanes of at least 4 members (excludes halogenated alkanes) is 4. The summed E-state index contributed by atoms with van der Waals surface area (Å²) in [6, 6.07) is 0. The quantitative estimate of drug-likeness (QED) is 0.696. The molecule has 0 bridgehead atoms. The second kappa shape index (κ2) is 8.50.